The highest BCUT2D eigenvalue weighted by molar-refractivity contribution is 6.35. The number of piperidine rings is 1. The van der Waals surface area contributed by atoms with Crippen LogP contribution in [0.1, 0.15) is 18.9 Å². The van der Waals surface area contributed by atoms with Gasteiger partial charge in [0.05, 0.1) is 36.8 Å². The summed E-state index contributed by atoms with van der Waals surface area (Å²) in [4.78, 5) is 34.8. The summed E-state index contributed by atoms with van der Waals surface area (Å²) in [5.74, 6) is 1.33. The van der Waals surface area contributed by atoms with Gasteiger partial charge in [0.15, 0.2) is 0 Å². The molecule has 0 saturated carbocycles. The molecule has 1 aliphatic rings. The van der Waals surface area contributed by atoms with E-state index in [2.05, 4.69) is 27.2 Å². The maximum absolute atomic E-state index is 12.0. The van der Waals surface area contributed by atoms with Gasteiger partial charge in [-0.05, 0) is 37.1 Å². The molecule has 1 aliphatic heterocycles. The van der Waals surface area contributed by atoms with Gasteiger partial charge < -0.3 is 25.0 Å². The molecule has 2 heterocycles. The minimum Gasteiger partial charge on any atom is -0.496 e. The molecule has 2 atom stereocenters. The van der Waals surface area contributed by atoms with E-state index < -0.39 is 0 Å². The first-order valence-electron chi connectivity index (χ1n) is 11.9. The predicted octanol–water partition coefficient (Wildman–Crippen LogP) is 3.98. The maximum atomic E-state index is 12.0. The molecule has 0 radical (unpaired) electrons. The smallest absolute Gasteiger partial charge is 0.243 e. The van der Waals surface area contributed by atoms with Gasteiger partial charge in [-0.3, -0.25) is 9.59 Å². The SMILES string of the molecule is C=CC(=O)NC1CN(C(C)=O)CCC1Nc1ncc2cc(-c3c(C)c(OC)cc(OC)c3Cl)ccc2n1. The Balaban J connectivity index is 1.62. The first-order valence-corrected chi connectivity index (χ1v) is 12.3. The fraction of sp³-hybridized carbons (Fsp3) is 0.333. The van der Waals surface area contributed by atoms with Crippen molar-refractivity contribution in [3.8, 4) is 22.6 Å². The fourth-order valence-electron chi connectivity index (χ4n) is 4.63. The maximum Gasteiger partial charge on any atom is 0.243 e. The lowest BCUT2D eigenvalue weighted by Crippen LogP contribution is -2.58. The number of likely N-dealkylation sites (tertiary alicyclic amines) is 1. The van der Waals surface area contributed by atoms with Crippen molar-refractivity contribution in [2.45, 2.75) is 32.4 Å². The Hall–Kier alpha value is -3.85. The summed E-state index contributed by atoms with van der Waals surface area (Å²) < 4.78 is 11.0. The van der Waals surface area contributed by atoms with Crippen LogP contribution >= 0.6 is 11.6 Å². The van der Waals surface area contributed by atoms with Gasteiger partial charge in [-0.15, -0.1) is 0 Å². The summed E-state index contributed by atoms with van der Waals surface area (Å²) in [7, 11) is 3.18. The van der Waals surface area contributed by atoms with Gasteiger partial charge in [0.2, 0.25) is 17.8 Å². The van der Waals surface area contributed by atoms with Crippen LogP contribution in [-0.2, 0) is 9.59 Å². The Bertz CT molecular complexity index is 1330. The van der Waals surface area contributed by atoms with Crippen molar-refractivity contribution in [1.82, 2.24) is 20.2 Å². The van der Waals surface area contributed by atoms with E-state index in [9.17, 15) is 9.59 Å². The molecule has 194 valence electrons. The number of hydrogen-bond donors (Lipinski definition) is 2. The van der Waals surface area contributed by atoms with E-state index in [0.717, 1.165) is 27.6 Å². The Morgan fingerprint density at radius 2 is 1.95 bits per heavy atom. The molecule has 9 nitrogen and oxygen atoms in total. The number of fused-ring (bicyclic) bond motifs is 1. The molecule has 2 N–H and O–H groups in total. The van der Waals surface area contributed by atoms with Gasteiger partial charge in [-0.2, -0.15) is 0 Å². The van der Waals surface area contributed by atoms with Crippen LogP contribution in [0.4, 0.5) is 5.95 Å². The molecule has 3 aromatic rings. The van der Waals surface area contributed by atoms with Gasteiger partial charge >= 0.3 is 0 Å². The second-order valence-corrected chi connectivity index (χ2v) is 9.26. The zero-order valence-corrected chi connectivity index (χ0v) is 22.1. The second-order valence-electron chi connectivity index (χ2n) is 8.89. The molecule has 37 heavy (non-hydrogen) atoms. The number of anilines is 1. The van der Waals surface area contributed by atoms with E-state index in [1.807, 2.05) is 25.1 Å². The molecule has 4 rings (SSSR count). The third-order valence-corrected chi connectivity index (χ3v) is 7.01. The van der Waals surface area contributed by atoms with Crippen molar-refractivity contribution in [2.24, 2.45) is 0 Å². The van der Waals surface area contributed by atoms with E-state index in [4.69, 9.17) is 21.1 Å². The lowest BCUT2D eigenvalue weighted by molar-refractivity contribution is -0.131. The molecule has 2 amide bonds. The molecule has 0 aliphatic carbocycles. The van der Waals surface area contributed by atoms with Crippen molar-refractivity contribution in [2.75, 3.05) is 32.6 Å². The summed E-state index contributed by atoms with van der Waals surface area (Å²) in [6, 6.07) is 7.15. The van der Waals surface area contributed by atoms with Crippen molar-refractivity contribution in [3.63, 3.8) is 0 Å². The molecule has 1 aromatic heterocycles. The van der Waals surface area contributed by atoms with Crippen LogP contribution in [0.2, 0.25) is 5.02 Å². The first kappa shape index (κ1) is 26.2. The van der Waals surface area contributed by atoms with E-state index in [1.165, 1.54) is 13.0 Å². The van der Waals surface area contributed by atoms with Crippen LogP contribution in [0.15, 0.2) is 43.1 Å². The minimum atomic E-state index is -0.307. The standard InChI is InChI=1S/C27H30ClN5O4/c1-6-24(35)30-21-14-33(16(3)34)10-9-20(21)32-27-29-13-18-11-17(7-8-19(18)31-27)25-15(2)22(36-4)12-23(37-5)26(25)28/h6-8,11-13,20-21H,1,9-10,14H2,2-5H3,(H,30,35)(H,29,31,32). The number of halogens is 1. The van der Waals surface area contributed by atoms with E-state index in [0.29, 0.717) is 42.0 Å². The third-order valence-electron chi connectivity index (χ3n) is 6.64. The van der Waals surface area contributed by atoms with Crippen LogP contribution < -0.4 is 20.1 Å². The summed E-state index contributed by atoms with van der Waals surface area (Å²) in [6.07, 6.45) is 3.61. The quantitative estimate of drug-likeness (QED) is 0.451. The van der Waals surface area contributed by atoms with Crippen LogP contribution in [0.25, 0.3) is 22.0 Å². The zero-order valence-electron chi connectivity index (χ0n) is 21.3. The topological polar surface area (TPSA) is 106 Å². The summed E-state index contributed by atoms with van der Waals surface area (Å²) in [5, 5.41) is 7.60. The van der Waals surface area contributed by atoms with Crippen LogP contribution in [0.5, 0.6) is 11.5 Å². The molecule has 0 bridgehead atoms. The van der Waals surface area contributed by atoms with E-state index in [1.54, 1.807) is 31.4 Å². The molecule has 10 heteroatoms. The number of hydrogen-bond acceptors (Lipinski definition) is 7. The predicted molar refractivity (Wildman–Crippen MR) is 144 cm³/mol. The van der Waals surface area contributed by atoms with Crippen molar-refractivity contribution in [1.29, 1.82) is 0 Å². The van der Waals surface area contributed by atoms with Crippen molar-refractivity contribution in [3.05, 3.63) is 53.7 Å². The Labute approximate surface area is 220 Å². The summed E-state index contributed by atoms with van der Waals surface area (Å²) in [5.41, 5.74) is 3.36. The average Bonchev–Trinajstić information content (AvgIpc) is 2.89. The molecule has 1 saturated heterocycles. The normalized spacial score (nSPS) is 17.3. The number of methoxy groups -OCH3 is 2. The van der Waals surface area contributed by atoms with Crippen molar-refractivity contribution < 1.29 is 19.1 Å². The molecule has 0 spiro atoms. The van der Waals surface area contributed by atoms with Crippen LogP contribution in [0, 0.1) is 6.92 Å². The number of carbonyl (C=O) groups is 2. The number of carbonyl (C=O) groups excluding carboxylic acids is 2. The van der Waals surface area contributed by atoms with Crippen LogP contribution in [0.3, 0.4) is 0 Å². The highest BCUT2D eigenvalue weighted by Crippen LogP contribution is 2.43. The first-order chi connectivity index (χ1) is 17.7. The molecular formula is C27H30ClN5O4. The lowest BCUT2D eigenvalue weighted by atomic mass is 9.98. The molecule has 1 fully saturated rings. The number of benzene rings is 2. The van der Waals surface area contributed by atoms with Gasteiger partial charge in [-0.25, -0.2) is 9.97 Å². The van der Waals surface area contributed by atoms with Gasteiger partial charge in [0.25, 0.3) is 0 Å². The Morgan fingerprint density at radius 3 is 2.62 bits per heavy atom. The number of rotatable bonds is 7. The van der Waals surface area contributed by atoms with E-state index in [-0.39, 0.29) is 23.9 Å². The Kier molecular flexibility index (Phi) is 7.83. The minimum absolute atomic E-state index is 0.0296. The summed E-state index contributed by atoms with van der Waals surface area (Å²) >= 11 is 6.67. The summed E-state index contributed by atoms with van der Waals surface area (Å²) in [6.45, 7) is 7.97. The third kappa shape index (κ3) is 5.46. The lowest BCUT2D eigenvalue weighted by Gasteiger charge is -2.38. The average molecular weight is 524 g/mol. The highest BCUT2D eigenvalue weighted by Gasteiger charge is 2.31. The molecule has 2 unspecified atom stereocenters. The number of nitrogens with zero attached hydrogens (tertiary/aromatic N) is 3. The molecular weight excluding hydrogens is 494 g/mol. The van der Waals surface area contributed by atoms with Crippen molar-refractivity contribution >= 4 is 40.3 Å². The number of amides is 2. The monoisotopic (exact) mass is 523 g/mol. The second kappa shape index (κ2) is 11.0. The fourth-order valence-corrected chi connectivity index (χ4v) is 5.01. The molecule has 2 aromatic carbocycles. The number of ether oxygens (including phenoxy) is 2. The van der Waals surface area contributed by atoms with Gasteiger partial charge in [0, 0.05) is 48.8 Å². The number of aromatic nitrogens is 2. The van der Waals surface area contributed by atoms with Gasteiger partial charge in [0.1, 0.15) is 11.5 Å². The number of nitrogens with one attached hydrogen (secondary N) is 2. The largest absolute Gasteiger partial charge is 0.496 e. The zero-order chi connectivity index (χ0) is 26.7. The highest BCUT2D eigenvalue weighted by atomic mass is 35.5. The van der Waals surface area contributed by atoms with Crippen LogP contribution in [-0.4, -0.2) is 66.1 Å². The van der Waals surface area contributed by atoms with E-state index >= 15 is 0 Å². The van der Waals surface area contributed by atoms with Gasteiger partial charge in [-0.1, -0.05) is 24.2 Å². The Morgan fingerprint density at radius 1 is 1.19 bits per heavy atom.